The third-order valence-corrected chi connectivity index (χ3v) is 6.17. The van der Waals surface area contributed by atoms with Crippen molar-refractivity contribution in [1.82, 2.24) is 0 Å². The Morgan fingerprint density at radius 2 is 1.90 bits per heavy atom. The lowest BCUT2D eigenvalue weighted by Crippen LogP contribution is -2.22. The van der Waals surface area contributed by atoms with E-state index in [1.165, 1.54) is 35.2 Å². The molecule has 2 N–H and O–H groups in total. The second-order valence-electron chi connectivity index (χ2n) is 6.46. The Morgan fingerprint density at radius 1 is 1.10 bits per heavy atom. The van der Waals surface area contributed by atoms with Crippen LogP contribution in [0.25, 0.3) is 0 Å². The number of non-ortho nitro benzene ring substituents is 1. The Hall–Kier alpha value is -3.17. The van der Waals surface area contributed by atoms with E-state index in [9.17, 15) is 19.7 Å². The molecule has 0 aliphatic rings. The molecular weight excluding hydrogens is 422 g/mol. The van der Waals surface area contributed by atoms with E-state index in [4.69, 9.17) is 0 Å². The third-order valence-electron chi connectivity index (χ3n) is 4.21. The highest BCUT2D eigenvalue weighted by molar-refractivity contribution is 8.00. The summed E-state index contributed by atoms with van der Waals surface area (Å²) in [5.74, 6) is -0.448. The van der Waals surface area contributed by atoms with Crippen LogP contribution in [0, 0.1) is 17.0 Å². The minimum atomic E-state index is -0.497. The van der Waals surface area contributed by atoms with Gasteiger partial charge in [-0.05, 0) is 49.1 Å². The number of thiophene rings is 1. The lowest BCUT2D eigenvalue weighted by atomic mass is 10.2. The van der Waals surface area contributed by atoms with Gasteiger partial charge in [0.05, 0.1) is 20.7 Å². The minimum absolute atomic E-state index is 0.0783. The molecule has 3 rings (SSSR count). The first-order chi connectivity index (χ1) is 14.3. The molecule has 0 radical (unpaired) electrons. The van der Waals surface area contributed by atoms with Crippen LogP contribution < -0.4 is 10.6 Å². The first-order valence-corrected chi connectivity index (χ1v) is 10.8. The highest BCUT2D eigenvalue weighted by atomic mass is 32.2. The van der Waals surface area contributed by atoms with Gasteiger partial charge in [0.15, 0.2) is 0 Å². The van der Waals surface area contributed by atoms with Gasteiger partial charge in [-0.2, -0.15) is 0 Å². The van der Waals surface area contributed by atoms with Crippen LogP contribution in [-0.4, -0.2) is 22.0 Å². The maximum Gasteiger partial charge on any atom is 0.271 e. The maximum atomic E-state index is 12.6. The molecule has 0 saturated heterocycles. The van der Waals surface area contributed by atoms with E-state index in [2.05, 4.69) is 10.6 Å². The summed E-state index contributed by atoms with van der Waals surface area (Å²) in [5.41, 5.74) is 1.72. The Morgan fingerprint density at radius 3 is 2.60 bits per heavy atom. The molecule has 1 unspecified atom stereocenters. The van der Waals surface area contributed by atoms with Crippen LogP contribution in [0.2, 0.25) is 0 Å². The fourth-order valence-electron chi connectivity index (χ4n) is 2.60. The number of rotatable bonds is 7. The number of carbonyl (C=O) groups is 2. The average molecular weight is 442 g/mol. The molecule has 0 aliphatic carbocycles. The molecule has 0 saturated carbocycles. The molecule has 154 valence electrons. The highest BCUT2D eigenvalue weighted by Gasteiger charge is 2.17. The SMILES string of the molecule is Cc1ccc([N+](=O)[O-])cc1NC(=O)C(C)Sc1cccc(NC(=O)c2cccs2)c1. The average Bonchev–Trinajstić information content (AvgIpc) is 3.24. The van der Waals surface area contributed by atoms with Crippen molar-refractivity contribution in [3.63, 3.8) is 0 Å². The number of anilines is 2. The third kappa shape index (κ3) is 5.46. The van der Waals surface area contributed by atoms with Crippen LogP contribution >= 0.6 is 23.1 Å². The lowest BCUT2D eigenvalue weighted by Gasteiger charge is -2.14. The number of amides is 2. The van der Waals surface area contributed by atoms with Crippen LogP contribution in [-0.2, 0) is 4.79 Å². The van der Waals surface area contributed by atoms with E-state index in [1.807, 2.05) is 23.6 Å². The number of hydrogen-bond donors (Lipinski definition) is 2. The molecule has 2 aromatic carbocycles. The van der Waals surface area contributed by atoms with E-state index in [1.54, 1.807) is 38.1 Å². The largest absolute Gasteiger partial charge is 0.325 e. The molecule has 1 aromatic heterocycles. The first-order valence-electron chi connectivity index (χ1n) is 9.01. The second-order valence-corrected chi connectivity index (χ2v) is 8.83. The number of nitro groups is 1. The number of aryl methyl sites for hydroxylation is 1. The van der Waals surface area contributed by atoms with Gasteiger partial charge in [0.2, 0.25) is 5.91 Å². The molecule has 30 heavy (non-hydrogen) atoms. The van der Waals surface area contributed by atoms with Crippen molar-refractivity contribution < 1.29 is 14.5 Å². The molecule has 0 aliphatic heterocycles. The van der Waals surface area contributed by atoms with Crippen LogP contribution in [0.5, 0.6) is 0 Å². The number of hydrogen-bond acceptors (Lipinski definition) is 6. The summed E-state index contributed by atoms with van der Waals surface area (Å²) < 4.78 is 0. The smallest absolute Gasteiger partial charge is 0.271 e. The van der Waals surface area contributed by atoms with Crippen LogP contribution in [0.15, 0.2) is 64.9 Å². The molecule has 7 nitrogen and oxygen atoms in total. The molecule has 3 aromatic rings. The van der Waals surface area contributed by atoms with Gasteiger partial charge < -0.3 is 10.6 Å². The van der Waals surface area contributed by atoms with E-state index in [0.29, 0.717) is 16.3 Å². The van der Waals surface area contributed by atoms with Crippen molar-refractivity contribution in [3.05, 3.63) is 80.5 Å². The van der Waals surface area contributed by atoms with Crippen molar-refractivity contribution in [3.8, 4) is 0 Å². The van der Waals surface area contributed by atoms with Crippen molar-refractivity contribution in [2.75, 3.05) is 10.6 Å². The molecule has 9 heteroatoms. The van der Waals surface area contributed by atoms with Crippen LogP contribution in [0.4, 0.5) is 17.1 Å². The summed E-state index contributed by atoms with van der Waals surface area (Å²) in [4.78, 5) is 36.7. The number of nitrogens with zero attached hydrogens (tertiary/aromatic N) is 1. The fourth-order valence-corrected chi connectivity index (χ4v) is 4.14. The number of carbonyl (C=O) groups excluding carboxylic acids is 2. The Bertz CT molecular complexity index is 1080. The second kappa shape index (κ2) is 9.55. The molecule has 1 atom stereocenters. The van der Waals surface area contributed by atoms with Crippen molar-refractivity contribution in [1.29, 1.82) is 0 Å². The Kier molecular flexibility index (Phi) is 6.86. The first kappa shape index (κ1) is 21.5. The molecule has 0 spiro atoms. The molecule has 0 fully saturated rings. The summed E-state index contributed by atoms with van der Waals surface area (Å²) in [6.45, 7) is 3.53. The number of nitro benzene ring substituents is 1. The molecule has 1 heterocycles. The van der Waals surface area contributed by atoms with Gasteiger partial charge in [-0.1, -0.05) is 18.2 Å². The van der Waals surface area contributed by atoms with Gasteiger partial charge in [0.25, 0.3) is 11.6 Å². The van der Waals surface area contributed by atoms with Gasteiger partial charge in [-0.25, -0.2) is 0 Å². The predicted molar refractivity (Wildman–Crippen MR) is 120 cm³/mol. The fraction of sp³-hybridized carbons (Fsp3) is 0.143. The van der Waals surface area contributed by atoms with Gasteiger partial charge >= 0.3 is 0 Å². The van der Waals surface area contributed by atoms with Gasteiger partial charge in [-0.15, -0.1) is 23.1 Å². The number of thioether (sulfide) groups is 1. The Labute approximate surface area is 181 Å². The van der Waals surface area contributed by atoms with E-state index >= 15 is 0 Å². The highest BCUT2D eigenvalue weighted by Crippen LogP contribution is 2.28. The zero-order chi connectivity index (χ0) is 21.7. The molecular formula is C21H19N3O4S2. The molecule has 0 bridgehead atoms. The van der Waals surface area contributed by atoms with Gasteiger partial charge in [0, 0.05) is 22.7 Å². The number of benzene rings is 2. The van der Waals surface area contributed by atoms with Gasteiger partial charge in [0.1, 0.15) is 0 Å². The summed E-state index contributed by atoms with van der Waals surface area (Å²) in [5, 5.41) is 18.0. The molecule has 2 amide bonds. The van der Waals surface area contributed by atoms with Crippen LogP contribution in [0.1, 0.15) is 22.2 Å². The maximum absolute atomic E-state index is 12.6. The zero-order valence-corrected chi connectivity index (χ0v) is 17.9. The van der Waals surface area contributed by atoms with Gasteiger partial charge in [-0.3, -0.25) is 19.7 Å². The standard InChI is InChI=1S/C21H19N3O4S2/c1-13-8-9-16(24(27)28)12-18(13)23-20(25)14(2)30-17-6-3-5-15(11-17)22-21(26)19-7-4-10-29-19/h3-12,14H,1-2H3,(H,22,26)(H,23,25). The predicted octanol–water partition coefficient (Wildman–Crippen LogP) is 5.34. The number of nitrogens with one attached hydrogen (secondary N) is 2. The van der Waals surface area contributed by atoms with E-state index in [0.717, 1.165) is 10.5 Å². The summed E-state index contributed by atoms with van der Waals surface area (Å²) in [6, 6.07) is 15.2. The normalized spacial score (nSPS) is 11.5. The van der Waals surface area contributed by atoms with E-state index in [-0.39, 0.29) is 17.5 Å². The summed E-state index contributed by atoms with van der Waals surface area (Å²) in [7, 11) is 0. The topological polar surface area (TPSA) is 101 Å². The van der Waals surface area contributed by atoms with Crippen LogP contribution in [0.3, 0.4) is 0 Å². The van der Waals surface area contributed by atoms with E-state index < -0.39 is 10.2 Å². The monoisotopic (exact) mass is 441 g/mol. The quantitative estimate of drug-likeness (QED) is 0.293. The lowest BCUT2D eigenvalue weighted by molar-refractivity contribution is -0.384. The van der Waals surface area contributed by atoms with Crippen molar-refractivity contribution >= 4 is 52.0 Å². The summed E-state index contributed by atoms with van der Waals surface area (Å²) >= 11 is 2.69. The minimum Gasteiger partial charge on any atom is -0.325 e. The van der Waals surface area contributed by atoms with Crippen molar-refractivity contribution in [2.24, 2.45) is 0 Å². The summed E-state index contributed by atoms with van der Waals surface area (Å²) in [6.07, 6.45) is 0. The zero-order valence-electron chi connectivity index (χ0n) is 16.2. The Balaban J connectivity index is 1.65. The van der Waals surface area contributed by atoms with Crippen molar-refractivity contribution in [2.45, 2.75) is 24.0 Å².